The molecule has 1 aliphatic heterocycles. The van der Waals surface area contributed by atoms with E-state index < -0.39 is 0 Å². The summed E-state index contributed by atoms with van der Waals surface area (Å²) in [6.45, 7) is 7.73. The summed E-state index contributed by atoms with van der Waals surface area (Å²) in [6.07, 6.45) is 3.42. The normalized spacial score (nSPS) is 19.1. The van der Waals surface area contributed by atoms with E-state index in [2.05, 4.69) is 33.5 Å². The second-order valence-corrected chi connectivity index (χ2v) is 6.58. The van der Waals surface area contributed by atoms with Gasteiger partial charge in [0.1, 0.15) is 0 Å². The third-order valence-electron chi connectivity index (χ3n) is 4.34. The molecule has 1 fully saturated rings. The maximum absolute atomic E-state index is 6.18. The van der Waals surface area contributed by atoms with Gasteiger partial charge < -0.3 is 15.5 Å². The lowest BCUT2D eigenvalue weighted by molar-refractivity contribution is 0.324. The second kappa shape index (κ2) is 9.78. The highest BCUT2D eigenvalue weighted by Crippen LogP contribution is 2.16. The van der Waals surface area contributed by atoms with Crippen molar-refractivity contribution in [3.05, 3.63) is 34.9 Å². The smallest absolute Gasteiger partial charge is 0.190 e. The Balaban J connectivity index is 1.67. The molecule has 1 atom stereocenters. The number of benzene rings is 1. The van der Waals surface area contributed by atoms with Gasteiger partial charge in [-0.05, 0) is 49.9 Å². The monoisotopic (exact) mass is 336 g/mol. The van der Waals surface area contributed by atoms with Crippen LogP contribution in [0.5, 0.6) is 0 Å². The molecule has 1 unspecified atom stereocenters. The molecule has 0 saturated carbocycles. The maximum atomic E-state index is 6.18. The summed E-state index contributed by atoms with van der Waals surface area (Å²) < 4.78 is 0. The molecule has 1 aliphatic rings. The van der Waals surface area contributed by atoms with Gasteiger partial charge >= 0.3 is 0 Å². The van der Waals surface area contributed by atoms with Crippen molar-refractivity contribution < 1.29 is 0 Å². The minimum absolute atomic E-state index is 0.726. The van der Waals surface area contributed by atoms with Crippen molar-refractivity contribution in [2.45, 2.75) is 26.2 Å². The van der Waals surface area contributed by atoms with Crippen LogP contribution in [0.4, 0.5) is 0 Å². The molecular weight excluding hydrogens is 308 g/mol. The molecule has 0 bridgehead atoms. The zero-order chi connectivity index (χ0) is 16.5. The largest absolute Gasteiger partial charge is 0.356 e. The highest BCUT2D eigenvalue weighted by molar-refractivity contribution is 6.31. The molecule has 0 spiro atoms. The first-order valence-electron chi connectivity index (χ1n) is 8.63. The van der Waals surface area contributed by atoms with E-state index in [1.54, 1.807) is 0 Å². The van der Waals surface area contributed by atoms with Crippen LogP contribution in [-0.2, 0) is 6.42 Å². The predicted octanol–water partition coefficient (Wildman–Crippen LogP) is 2.78. The molecule has 0 amide bonds. The van der Waals surface area contributed by atoms with Crippen LogP contribution in [-0.4, -0.2) is 50.6 Å². The van der Waals surface area contributed by atoms with Crippen LogP contribution in [0.1, 0.15) is 25.3 Å². The first kappa shape index (κ1) is 18.1. The van der Waals surface area contributed by atoms with E-state index in [1.165, 1.54) is 38.0 Å². The van der Waals surface area contributed by atoms with Gasteiger partial charge in [0.25, 0.3) is 0 Å². The number of nitrogens with one attached hydrogen (secondary N) is 2. The summed E-state index contributed by atoms with van der Waals surface area (Å²) in [5, 5.41) is 7.66. The van der Waals surface area contributed by atoms with Gasteiger partial charge in [0, 0.05) is 31.7 Å². The maximum Gasteiger partial charge on any atom is 0.190 e. The van der Waals surface area contributed by atoms with Gasteiger partial charge in [0.05, 0.1) is 0 Å². The van der Waals surface area contributed by atoms with Gasteiger partial charge in [-0.1, -0.05) is 36.7 Å². The standard InChI is InChI=1S/C18H29ClN4/c1-3-11-23-12-9-15(14-23)13-22-18(20-2)21-10-8-16-6-4-5-7-17(16)19/h4-7,15H,3,8-14H2,1-2H3,(H2,20,21,22). The van der Waals surface area contributed by atoms with E-state index in [9.17, 15) is 0 Å². The third-order valence-corrected chi connectivity index (χ3v) is 4.70. The molecule has 2 N–H and O–H groups in total. The molecule has 1 heterocycles. The van der Waals surface area contributed by atoms with E-state index >= 15 is 0 Å². The number of hydrogen-bond donors (Lipinski definition) is 2. The van der Waals surface area contributed by atoms with Gasteiger partial charge in [-0.25, -0.2) is 0 Å². The first-order chi connectivity index (χ1) is 11.2. The van der Waals surface area contributed by atoms with Gasteiger partial charge in [-0.3, -0.25) is 4.99 Å². The van der Waals surface area contributed by atoms with Crippen molar-refractivity contribution in [2.75, 3.05) is 39.8 Å². The van der Waals surface area contributed by atoms with Gasteiger partial charge in [-0.2, -0.15) is 0 Å². The van der Waals surface area contributed by atoms with Crippen molar-refractivity contribution in [3.63, 3.8) is 0 Å². The Kier molecular flexibility index (Phi) is 7.69. The number of nitrogens with zero attached hydrogens (tertiary/aromatic N) is 2. The molecule has 0 aliphatic carbocycles. The van der Waals surface area contributed by atoms with Gasteiger partial charge in [-0.15, -0.1) is 0 Å². The minimum atomic E-state index is 0.726. The Hall–Kier alpha value is -1.26. The SMILES string of the molecule is CCCN1CCC(CNC(=NC)NCCc2ccccc2Cl)C1. The number of rotatable bonds is 7. The van der Waals surface area contributed by atoms with Crippen molar-refractivity contribution in [2.24, 2.45) is 10.9 Å². The van der Waals surface area contributed by atoms with E-state index in [1.807, 2.05) is 25.2 Å². The predicted molar refractivity (Wildman–Crippen MR) is 99.4 cm³/mol. The zero-order valence-corrected chi connectivity index (χ0v) is 15.1. The first-order valence-corrected chi connectivity index (χ1v) is 9.01. The summed E-state index contributed by atoms with van der Waals surface area (Å²) in [4.78, 5) is 6.86. The number of hydrogen-bond acceptors (Lipinski definition) is 2. The molecule has 1 aromatic rings. The lowest BCUT2D eigenvalue weighted by Gasteiger charge is -2.17. The summed E-state index contributed by atoms with van der Waals surface area (Å²) in [6, 6.07) is 7.99. The Bertz CT molecular complexity index is 504. The van der Waals surface area contributed by atoms with Crippen LogP contribution in [0.2, 0.25) is 5.02 Å². The minimum Gasteiger partial charge on any atom is -0.356 e. The Labute approximate surface area is 145 Å². The molecule has 23 heavy (non-hydrogen) atoms. The van der Waals surface area contributed by atoms with E-state index in [0.29, 0.717) is 0 Å². The Morgan fingerprint density at radius 2 is 2.17 bits per heavy atom. The van der Waals surface area contributed by atoms with Crippen LogP contribution < -0.4 is 10.6 Å². The molecule has 2 rings (SSSR count). The molecule has 5 heteroatoms. The molecular formula is C18H29ClN4. The van der Waals surface area contributed by atoms with Gasteiger partial charge in [0.2, 0.25) is 0 Å². The average Bonchev–Trinajstić information content (AvgIpc) is 3.00. The number of aliphatic imine (C=N–C) groups is 1. The topological polar surface area (TPSA) is 39.7 Å². The van der Waals surface area contributed by atoms with E-state index in [0.717, 1.165) is 36.4 Å². The third kappa shape index (κ3) is 6.04. The van der Waals surface area contributed by atoms with Crippen LogP contribution in [0.3, 0.4) is 0 Å². The van der Waals surface area contributed by atoms with Gasteiger partial charge in [0.15, 0.2) is 5.96 Å². The fourth-order valence-electron chi connectivity index (χ4n) is 3.08. The van der Waals surface area contributed by atoms with Crippen molar-refractivity contribution in [1.29, 1.82) is 0 Å². The van der Waals surface area contributed by atoms with Crippen LogP contribution in [0.25, 0.3) is 0 Å². The van der Waals surface area contributed by atoms with Crippen LogP contribution in [0.15, 0.2) is 29.3 Å². The Morgan fingerprint density at radius 3 is 2.91 bits per heavy atom. The van der Waals surface area contributed by atoms with Crippen LogP contribution >= 0.6 is 11.6 Å². The quantitative estimate of drug-likeness (QED) is 0.594. The van der Waals surface area contributed by atoms with Crippen molar-refractivity contribution >= 4 is 17.6 Å². The number of guanidine groups is 1. The molecule has 0 radical (unpaired) electrons. The van der Waals surface area contributed by atoms with Crippen molar-refractivity contribution in [1.82, 2.24) is 15.5 Å². The molecule has 4 nitrogen and oxygen atoms in total. The fraction of sp³-hybridized carbons (Fsp3) is 0.611. The molecule has 1 saturated heterocycles. The fourth-order valence-corrected chi connectivity index (χ4v) is 3.31. The molecule has 0 aromatic heterocycles. The highest BCUT2D eigenvalue weighted by atomic mass is 35.5. The number of halogens is 1. The van der Waals surface area contributed by atoms with Crippen LogP contribution in [0, 0.1) is 5.92 Å². The summed E-state index contributed by atoms with van der Waals surface area (Å²) in [5.74, 6) is 1.61. The number of likely N-dealkylation sites (tertiary alicyclic amines) is 1. The second-order valence-electron chi connectivity index (χ2n) is 6.18. The Morgan fingerprint density at radius 1 is 1.35 bits per heavy atom. The lowest BCUT2D eigenvalue weighted by atomic mass is 10.1. The summed E-state index contributed by atoms with van der Waals surface area (Å²) in [5.41, 5.74) is 1.17. The lowest BCUT2D eigenvalue weighted by Crippen LogP contribution is -2.41. The highest BCUT2D eigenvalue weighted by Gasteiger charge is 2.21. The summed E-state index contributed by atoms with van der Waals surface area (Å²) >= 11 is 6.18. The van der Waals surface area contributed by atoms with Crippen molar-refractivity contribution in [3.8, 4) is 0 Å². The summed E-state index contributed by atoms with van der Waals surface area (Å²) in [7, 11) is 1.82. The van der Waals surface area contributed by atoms with E-state index in [4.69, 9.17) is 11.6 Å². The molecule has 1 aromatic carbocycles. The zero-order valence-electron chi connectivity index (χ0n) is 14.3. The van der Waals surface area contributed by atoms with E-state index in [-0.39, 0.29) is 0 Å². The average molecular weight is 337 g/mol. The molecule has 128 valence electrons.